The second-order valence-electron chi connectivity index (χ2n) is 37.5. The Kier molecular flexibility index (Phi) is 37.7. The number of furan rings is 1. The van der Waals surface area contributed by atoms with E-state index in [0.717, 1.165) is 183 Å². The van der Waals surface area contributed by atoms with Crippen molar-refractivity contribution in [3.8, 4) is 63.2 Å². The Balaban J connectivity index is 0.000000141. The number of benzene rings is 9. The molecule has 0 unspecified atom stereocenters. The lowest BCUT2D eigenvalue weighted by molar-refractivity contribution is -0.137. The van der Waals surface area contributed by atoms with Gasteiger partial charge >= 0.3 is 6.18 Å². The van der Waals surface area contributed by atoms with Gasteiger partial charge in [-0.15, -0.1) is 45.3 Å². The third-order valence-electron chi connectivity index (χ3n) is 25.2. The highest BCUT2D eigenvalue weighted by atomic mass is 32.1. The second kappa shape index (κ2) is 52.2. The molecule has 14 aromatic rings. The maximum Gasteiger partial charge on any atom is 0.416 e. The molecule has 776 valence electrons. The highest BCUT2D eigenvalue weighted by Crippen LogP contribution is 2.40. The molecule has 34 heteroatoms. The van der Waals surface area contributed by atoms with Crippen LogP contribution >= 0.6 is 45.3 Å². The number of thiazole rings is 4. The summed E-state index contributed by atoms with van der Waals surface area (Å²) in [6.45, 7) is 25.9. The van der Waals surface area contributed by atoms with Crippen molar-refractivity contribution >= 4 is 68.8 Å². The molecule has 9 aromatic carbocycles. The lowest BCUT2D eigenvalue weighted by atomic mass is 9.87. The van der Waals surface area contributed by atoms with Gasteiger partial charge in [0.15, 0.2) is 46.0 Å². The van der Waals surface area contributed by atoms with Gasteiger partial charge in [0.25, 0.3) is 17.7 Å². The maximum absolute atomic E-state index is 13.3. The van der Waals surface area contributed by atoms with Crippen molar-refractivity contribution in [1.82, 2.24) is 60.4 Å². The van der Waals surface area contributed by atoms with Crippen LogP contribution in [-0.2, 0) is 103 Å². The van der Waals surface area contributed by atoms with Gasteiger partial charge in [-0.1, -0.05) is 176 Å². The molecule has 19 rings (SSSR count). The number of amides is 3. The van der Waals surface area contributed by atoms with Gasteiger partial charge in [0.05, 0.1) is 77.3 Å². The summed E-state index contributed by atoms with van der Waals surface area (Å²) in [5, 5.41) is 20.4. The maximum atomic E-state index is 13.3. The average Bonchev–Trinajstić information content (AvgIpc) is 1.58. The molecule has 4 aliphatic heterocycles. The molecule has 27 nitrogen and oxygen atoms in total. The van der Waals surface area contributed by atoms with Crippen LogP contribution in [0.3, 0.4) is 0 Å². The SMILES string of the molecule is C=C(NCc1ccco1)c1csc(CN(Cc2ccc(C(C)(C)C)cc2)Cc2ccc3c(c2)OCO3)n1.CCCN(CCC)C(=O)c1csc(CN(Cc2ccc3c(c2)OCO3)Cc2ccc(OC)cc2OC)n1.COc1ccc(CN(Cc2ccc3c(c2)OCO3)Cc2nc(C(=O)NC3CCCCC3)cs2)cc1.O=C(NCCc1ccccc1)c1csc(CN(Cc2cccc(C(F)(F)F)c2)Cc2ccc3c(c2)OCO3)n1. The van der Waals surface area contributed by atoms with Crippen molar-refractivity contribution < 1.29 is 84.1 Å². The molecular weight excluding hydrogens is 1960 g/mol. The highest BCUT2D eigenvalue weighted by Gasteiger charge is 2.32. The van der Waals surface area contributed by atoms with E-state index in [-0.39, 0.29) is 62.9 Å². The summed E-state index contributed by atoms with van der Waals surface area (Å²) in [6, 6.07) is 66.1. The summed E-state index contributed by atoms with van der Waals surface area (Å²) >= 11 is 6.06. The van der Waals surface area contributed by atoms with Gasteiger partial charge in [-0.05, 0) is 173 Å². The highest BCUT2D eigenvalue weighted by molar-refractivity contribution is 7.10. The molecule has 0 radical (unpaired) electrons. The van der Waals surface area contributed by atoms with Crippen molar-refractivity contribution in [3.05, 3.63) is 350 Å². The molecule has 5 aliphatic rings. The van der Waals surface area contributed by atoms with E-state index in [9.17, 15) is 27.6 Å². The standard InChI is InChI=1S/C30H33N3O3S.C29H26F3N3O3S.C28H35N3O5S.C27H31N3O4S/c1-21(31-15-25-6-5-13-34-25)26-19-37-29(32-26)18-33(16-22-7-10-24(11-8-22)30(2,3)4)17-23-9-12-27-28(14-23)36-20-35-27;30-29(31,32)23-8-4-7-21(13-23)15-35(16-22-9-10-25-26(14-22)38-19-37-25)17-27-34-24(18-39-27)28(36)33-12-11-20-5-2-1-3-6-20;1-5-11-31(12-6-2)28(32)23-18-37-27(29-23)17-30(15-20-7-10-24-26(13-20)36-19-35-24)16-21-8-9-22(33-3)14-25(21)34-4;1-32-22-10-7-19(8-11-22)14-30(15-20-9-12-24-25(13-20)34-18-33-24)16-26-29-23(17-35-26)27(31)28-21-5-3-2-4-6-21/h5-14,19,31H,1,15-18,20H2,2-4H3;1-10,13-14,18H,11-12,15-17,19H2,(H,33,36);7-10,13-14,18H,5-6,11-12,15-17,19H2,1-4H3;7-13,17,21H,2-6,14-16,18H2,1H3,(H,28,31). The fraction of sp³-hybridized carbons (Fsp3) is 0.342. The molecular formula is C114H125F3N12O15S4. The van der Waals surface area contributed by atoms with E-state index in [2.05, 4.69) is 148 Å². The molecule has 0 bridgehead atoms. The van der Waals surface area contributed by atoms with Crippen LogP contribution in [0.4, 0.5) is 13.2 Å². The first-order valence-electron chi connectivity index (χ1n) is 49.6. The number of fused-ring (bicyclic) bond motifs is 4. The van der Waals surface area contributed by atoms with E-state index < -0.39 is 11.7 Å². The number of carbonyl (C=O) groups is 3. The fourth-order valence-corrected chi connectivity index (χ4v) is 20.9. The van der Waals surface area contributed by atoms with Crippen LogP contribution < -0.4 is 68.1 Å². The molecule has 3 amide bonds. The summed E-state index contributed by atoms with van der Waals surface area (Å²) in [4.78, 5) is 68.2. The second-order valence-corrected chi connectivity index (χ2v) is 41.3. The fourth-order valence-electron chi connectivity index (χ4n) is 17.6. The molecule has 1 saturated carbocycles. The number of ether oxygens (including phenoxy) is 11. The Morgan fingerprint density at radius 1 is 0.412 bits per heavy atom. The van der Waals surface area contributed by atoms with E-state index in [1.807, 2.05) is 142 Å². The number of halogens is 3. The smallest absolute Gasteiger partial charge is 0.416 e. The Bertz CT molecular complexity index is 6690. The molecule has 148 heavy (non-hydrogen) atoms. The zero-order valence-electron chi connectivity index (χ0n) is 84.5. The molecule has 1 fully saturated rings. The minimum Gasteiger partial charge on any atom is -0.497 e. The Hall–Kier alpha value is -13.8. The normalized spacial score (nSPS) is 13.2. The molecule has 3 N–H and O–H groups in total. The topological polar surface area (TPSA) is 270 Å². The summed E-state index contributed by atoms with van der Waals surface area (Å²) in [7, 11) is 4.98. The first kappa shape index (κ1) is 107. The molecule has 0 spiro atoms. The van der Waals surface area contributed by atoms with Crippen LogP contribution in [0.1, 0.15) is 204 Å². The van der Waals surface area contributed by atoms with Crippen molar-refractivity contribution in [2.24, 2.45) is 0 Å². The van der Waals surface area contributed by atoms with Gasteiger partial charge in [-0.25, -0.2) is 19.9 Å². The monoisotopic (exact) mass is 2090 g/mol. The van der Waals surface area contributed by atoms with Crippen LogP contribution in [0.2, 0.25) is 0 Å². The van der Waals surface area contributed by atoms with E-state index in [4.69, 9.17) is 66.5 Å². The quantitative estimate of drug-likeness (QED) is 0.0321. The van der Waals surface area contributed by atoms with Gasteiger partial charge in [0, 0.05) is 111 Å². The minimum absolute atomic E-state index is 0.00495. The number of alkyl halides is 3. The van der Waals surface area contributed by atoms with E-state index in [1.54, 1.807) is 50.4 Å². The number of aromatic nitrogens is 4. The van der Waals surface area contributed by atoms with Gasteiger partial charge in [0.2, 0.25) is 27.2 Å². The lowest BCUT2D eigenvalue weighted by Gasteiger charge is -2.23. The third-order valence-corrected chi connectivity index (χ3v) is 28.5. The van der Waals surface area contributed by atoms with Crippen molar-refractivity contribution in [2.75, 3.05) is 68.1 Å². The molecule has 5 aromatic heterocycles. The number of rotatable bonds is 42. The minimum atomic E-state index is -4.42. The number of carbonyl (C=O) groups excluding carboxylic acids is 3. The zero-order valence-corrected chi connectivity index (χ0v) is 87.8. The van der Waals surface area contributed by atoms with E-state index >= 15 is 0 Å². The molecule has 0 saturated heterocycles. The lowest BCUT2D eigenvalue weighted by Crippen LogP contribution is -2.36. The molecule has 9 heterocycles. The summed E-state index contributed by atoms with van der Waals surface area (Å²) in [5.41, 5.74) is 13.3. The van der Waals surface area contributed by atoms with Crippen LogP contribution in [-0.4, -0.2) is 136 Å². The zero-order chi connectivity index (χ0) is 103. The first-order valence-corrected chi connectivity index (χ1v) is 53.1. The first-order chi connectivity index (χ1) is 71.9. The van der Waals surface area contributed by atoms with Crippen molar-refractivity contribution in [1.29, 1.82) is 0 Å². The van der Waals surface area contributed by atoms with Crippen LogP contribution in [0.15, 0.2) is 245 Å². The van der Waals surface area contributed by atoms with Crippen LogP contribution in [0.5, 0.6) is 63.2 Å². The van der Waals surface area contributed by atoms with Gasteiger partial charge < -0.3 is 77.4 Å². The van der Waals surface area contributed by atoms with E-state index in [1.165, 1.54) is 87.7 Å². The Morgan fingerprint density at radius 2 is 0.838 bits per heavy atom. The van der Waals surface area contributed by atoms with Crippen molar-refractivity contribution in [3.63, 3.8) is 0 Å². The number of methoxy groups -OCH3 is 3. The Labute approximate surface area is 877 Å². The average molecular weight is 2090 g/mol. The van der Waals surface area contributed by atoms with Crippen LogP contribution in [0.25, 0.3) is 5.70 Å². The van der Waals surface area contributed by atoms with Crippen molar-refractivity contribution in [2.45, 2.75) is 189 Å². The molecule has 0 atom stereocenters. The van der Waals surface area contributed by atoms with Gasteiger partial charge in [-0.3, -0.25) is 34.0 Å². The van der Waals surface area contributed by atoms with Crippen LogP contribution in [0, 0.1) is 0 Å². The summed E-state index contributed by atoms with van der Waals surface area (Å²) in [5.74, 6) is 8.89. The number of hydrogen-bond acceptors (Lipinski definition) is 28. The Morgan fingerprint density at radius 3 is 1.30 bits per heavy atom. The predicted molar refractivity (Wildman–Crippen MR) is 568 cm³/mol. The number of nitrogens with zero attached hydrogens (tertiary/aromatic N) is 9. The number of hydrogen-bond donors (Lipinski definition) is 3. The number of nitrogens with one attached hydrogen (secondary N) is 3. The van der Waals surface area contributed by atoms with E-state index in [0.29, 0.717) is 104 Å². The predicted octanol–water partition coefficient (Wildman–Crippen LogP) is 23.3. The molecule has 1 aliphatic carbocycles. The van der Waals surface area contributed by atoms with Gasteiger partial charge in [0.1, 0.15) is 60.1 Å². The summed E-state index contributed by atoms with van der Waals surface area (Å²) in [6.07, 6.45) is 5.58. The summed E-state index contributed by atoms with van der Waals surface area (Å²) < 4.78 is 106. The largest absolute Gasteiger partial charge is 0.497 e. The van der Waals surface area contributed by atoms with Gasteiger partial charge in [-0.2, -0.15) is 13.2 Å². The third kappa shape index (κ3) is 30.9.